The fourth-order valence-electron chi connectivity index (χ4n) is 5.47. The number of hydrogen-bond acceptors (Lipinski definition) is 4. The van der Waals surface area contributed by atoms with Gasteiger partial charge in [0.1, 0.15) is 22.9 Å². The van der Waals surface area contributed by atoms with Crippen LogP contribution >= 0.6 is 0 Å². The predicted molar refractivity (Wildman–Crippen MR) is 111 cm³/mol. The van der Waals surface area contributed by atoms with Gasteiger partial charge in [0.15, 0.2) is 0 Å². The van der Waals surface area contributed by atoms with Gasteiger partial charge in [-0.15, -0.1) is 0 Å². The molecule has 5 aliphatic rings. The Morgan fingerprint density at radius 3 is 2.97 bits per heavy atom. The van der Waals surface area contributed by atoms with Crippen molar-refractivity contribution in [3.8, 4) is 5.75 Å². The molecule has 4 aliphatic heterocycles. The highest BCUT2D eigenvalue weighted by molar-refractivity contribution is 6.27. The molecule has 30 heavy (non-hydrogen) atoms. The number of rotatable bonds is 0. The van der Waals surface area contributed by atoms with Crippen LogP contribution in [0.25, 0.3) is 11.6 Å². The van der Waals surface area contributed by atoms with E-state index in [9.17, 15) is 14.8 Å². The lowest BCUT2D eigenvalue weighted by molar-refractivity contribution is -0.358. The molecule has 6 rings (SSSR count). The molecular weight excluding hydrogens is 382 g/mol. The van der Waals surface area contributed by atoms with Gasteiger partial charge in [0, 0.05) is 13.0 Å². The zero-order valence-electron chi connectivity index (χ0n) is 17.0. The van der Waals surface area contributed by atoms with E-state index in [0.717, 1.165) is 27.9 Å². The summed E-state index contributed by atoms with van der Waals surface area (Å²) in [6.45, 7) is 4.56. The number of amides is 2. The molecular formula is C23H23N3O4. The number of ether oxygens (including phenoxy) is 1. The fourth-order valence-corrected chi connectivity index (χ4v) is 5.47. The van der Waals surface area contributed by atoms with Gasteiger partial charge in [0.25, 0.3) is 5.91 Å². The van der Waals surface area contributed by atoms with Crippen LogP contribution in [-0.4, -0.2) is 50.9 Å². The summed E-state index contributed by atoms with van der Waals surface area (Å²) in [5.41, 5.74) is 2.01. The summed E-state index contributed by atoms with van der Waals surface area (Å²) >= 11 is 0. The van der Waals surface area contributed by atoms with Crippen LogP contribution in [0.4, 0.5) is 5.69 Å². The molecule has 1 spiro atoms. The van der Waals surface area contributed by atoms with Gasteiger partial charge in [-0.3, -0.25) is 9.59 Å². The van der Waals surface area contributed by atoms with Crippen LogP contribution < -0.4 is 10.1 Å². The average molecular weight is 405 g/mol. The molecule has 0 bridgehead atoms. The van der Waals surface area contributed by atoms with Gasteiger partial charge >= 0.3 is 0 Å². The molecule has 7 heteroatoms. The van der Waals surface area contributed by atoms with Crippen LogP contribution in [0.2, 0.25) is 0 Å². The molecule has 1 aromatic carbocycles. The zero-order valence-corrected chi connectivity index (χ0v) is 17.0. The van der Waals surface area contributed by atoms with Crippen molar-refractivity contribution in [3.05, 3.63) is 40.6 Å². The number of nitrogens with zero attached hydrogens (tertiary/aromatic N) is 2. The van der Waals surface area contributed by atoms with E-state index >= 15 is 0 Å². The maximum atomic E-state index is 13.4. The maximum absolute atomic E-state index is 13.4. The molecule has 2 fully saturated rings. The van der Waals surface area contributed by atoms with Crippen LogP contribution in [0.5, 0.6) is 5.75 Å². The summed E-state index contributed by atoms with van der Waals surface area (Å²) in [7, 11) is 0. The number of piperazine rings is 1. The molecule has 1 aromatic rings. The first-order valence-corrected chi connectivity index (χ1v) is 10.5. The van der Waals surface area contributed by atoms with Crippen LogP contribution in [0.15, 0.2) is 24.3 Å². The number of allylic oxidation sites excluding steroid dienone is 1. The van der Waals surface area contributed by atoms with E-state index in [1.807, 2.05) is 44.2 Å². The van der Waals surface area contributed by atoms with Gasteiger partial charge in [-0.1, -0.05) is 0 Å². The normalized spacial score (nSPS) is 30.4. The van der Waals surface area contributed by atoms with Gasteiger partial charge in [0.05, 0.1) is 16.7 Å². The van der Waals surface area contributed by atoms with Crippen molar-refractivity contribution in [1.82, 2.24) is 10.2 Å². The van der Waals surface area contributed by atoms with Crippen molar-refractivity contribution in [2.75, 3.05) is 6.54 Å². The Morgan fingerprint density at radius 1 is 1.30 bits per heavy atom. The molecule has 1 aliphatic carbocycles. The van der Waals surface area contributed by atoms with Crippen molar-refractivity contribution in [2.45, 2.75) is 56.7 Å². The molecule has 1 N–H and O–H groups in total. The first-order chi connectivity index (χ1) is 14.3. The number of fused-ring (bicyclic) bond motifs is 6. The molecule has 0 aromatic heterocycles. The standard InChI is InChI=1S/C23H23N3O4/c1-22(2)9-7-14-18(30-22)6-5-13-15-12-23(10-8-16(15)26(29)19(13)14)21(28)25-11-3-4-17(25)20(27)24-23/h5-7,9,12,17H,3-4,8,10-11H2,1-2H3,(H,24,27)/t17-,23+/m0/s1. The van der Waals surface area contributed by atoms with Crippen molar-refractivity contribution < 1.29 is 19.1 Å². The van der Waals surface area contributed by atoms with Gasteiger partial charge < -0.3 is 20.2 Å². The number of hydrogen-bond donors (Lipinski definition) is 1. The summed E-state index contributed by atoms with van der Waals surface area (Å²) in [6.07, 6.45) is 8.10. The first-order valence-electron chi connectivity index (χ1n) is 10.5. The third-order valence-electron chi connectivity index (χ3n) is 6.94. The summed E-state index contributed by atoms with van der Waals surface area (Å²) in [5, 5.41) is 16.2. The number of nitrogens with one attached hydrogen (secondary N) is 1. The molecule has 4 heterocycles. The van der Waals surface area contributed by atoms with Crippen molar-refractivity contribution >= 4 is 34.9 Å². The van der Waals surface area contributed by atoms with Crippen LogP contribution in [-0.2, 0) is 9.59 Å². The summed E-state index contributed by atoms with van der Waals surface area (Å²) in [4.78, 5) is 27.8. The Hall–Kier alpha value is -3.09. The van der Waals surface area contributed by atoms with E-state index in [1.54, 1.807) is 4.90 Å². The van der Waals surface area contributed by atoms with Crippen LogP contribution in [0, 0.1) is 5.21 Å². The van der Waals surface area contributed by atoms with Crippen molar-refractivity contribution in [2.24, 2.45) is 0 Å². The molecule has 0 radical (unpaired) electrons. The minimum Gasteiger partial charge on any atom is -0.618 e. The molecule has 154 valence electrons. The smallest absolute Gasteiger partial charge is 0.253 e. The monoisotopic (exact) mass is 405 g/mol. The number of carbonyl (C=O) groups excluding carboxylic acids is 2. The van der Waals surface area contributed by atoms with Gasteiger partial charge in [-0.05, 0) is 63.5 Å². The van der Waals surface area contributed by atoms with Crippen molar-refractivity contribution in [1.29, 1.82) is 0 Å². The van der Waals surface area contributed by atoms with E-state index in [1.165, 1.54) is 0 Å². The highest BCUT2D eigenvalue weighted by Crippen LogP contribution is 2.48. The molecule has 0 saturated carbocycles. The lowest BCUT2D eigenvalue weighted by Crippen LogP contribution is -2.68. The number of carbonyl (C=O) groups is 2. The Labute approximate surface area is 174 Å². The summed E-state index contributed by atoms with van der Waals surface area (Å²) in [6, 6.07) is 3.42. The van der Waals surface area contributed by atoms with Crippen molar-refractivity contribution in [3.63, 3.8) is 0 Å². The largest absolute Gasteiger partial charge is 0.618 e. The van der Waals surface area contributed by atoms with E-state index < -0.39 is 11.1 Å². The SMILES string of the molecule is CC1(C)C=Cc2c(ccc3c2[N+]([O-])=C2CC[C@]4(C=C23)NC(=O)[C@@H]2CCCN2C4=O)O1. The Kier molecular flexibility index (Phi) is 3.27. The van der Waals surface area contributed by atoms with E-state index in [4.69, 9.17) is 4.74 Å². The number of benzene rings is 1. The Balaban J connectivity index is 1.49. The molecule has 2 saturated heterocycles. The fraction of sp³-hybridized carbons (Fsp3) is 0.435. The van der Waals surface area contributed by atoms with E-state index in [2.05, 4.69) is 5.32 Å². The lowest BCUT2D eigenvalue weighted by atomic mass is 9.78. The molecule has 2 atom stereocenters. The summed E-state index contributed by atoms with van der Waals surface area (Å²) < 4.78 is 7.01. The maximum Gasteiger partial charge on any atom is 0.253 e. The first kappa shape index (κ1) is 17.7. The van der Waals surface area contributed by atoms with Gasteiger partial charge in [0.2, 0.25) is 17.3 Å². The highest BCUT2D eigenvalue weighted by Gasteiger charge is 2.54. The molecule has 0 unspecified atom stereocenters. The second-order valence-electron chi connectivity index (χ2n) is 9.33. The highest BCUT2D eigenvalue weighted by atomic mass is 16.5. The minimum atomic E-state index is -1.07. The quantitative estimate of drug-likeness (QED) is 0.531. The Bertz CT molecular complexity index is 1130. The van der Waals surface area contributed by atoms with E-state index in [0.29, 0.717) is 43.0 Å². The van der Waals surface area contributed by atoms with E-state index in [-0.39, 0.29) is 17.9 Å². The van der Waals surface area contributed by atoms with Crippen LogP contribution in [0.1, 0.15) is 50.7 Å². The minimum absolute atomic E-state index is 0.0509. The lowest BCUT2D eigenvalue weighted by Gasteiger charge is -2.43. The summed E-state index contributed by atoms with van der Waals surface area (Å²) in [5.74, 6) is 0.539. The predicted octanol–water partition coefficient (Wildman–Crippen LogP) is 2.50. The topological polar surface area (TPSA) is 84.7 Å². The van der Waals surface area contributed by atoms with Crippen LogP contribution in [0.3, 0.4) is 0 Å². The Morgan fingerprint density at radius 2 is 2.13 bits per heavy atom. The third kappa shape index (κ3) is 2.18. The second-order valence-corrected chi connectivity index (χ2v) is 9.33. The second kappa shape index (κ2) is 5.53. The van der Waals surface area contributed by atoms with Gasteiger partial charge in [-0.25, -0.2) is 0 Å². The average Bonchev–Trinajstić information content (AvgIpc) is 3.30. The third-order valence-corrected chi connectivity index (χ3v) is 6.94. The molecule has 7 nitrogen and oxygen atoms in total. The zero-order chi connectivity index (χ0) is 20.8. The molecule has 2 amide bonds. The van der Waals surface area contributed by atoms with Gasteiger partial charge in [-0.2, -0.15) is 4.74 Å².